The summed E-state index contributed by atoms with van der Waals surface area (Å²) in [5.74, 6) is 0.759. The van der Waals surface area contributed by atoms with Gasteiger partial charge in [-0.25, -0.2) is 4.98 Å². The van der Waals surface area contributed by atoms with Crippen molar-refractivity contribution >= 4 is 0 Å². The highest BCUT2D eigenvalue weighted by atomic mass is 19.4. The molecule has 1 aromatic heterocycles. The molecule has 0 amide bonds. The SMILES string of the molecule is Cc1ccc([C@@H](N)c2nc(-c3ccc(C(F)(F)F)cc3)n[nH]2)cc1. The summed E-state index contributed by atoms with van der Waals surface area (Å²) in [6, 6.07) is 11.9. The maximum absolute atomic E-state index is 12.6. The molecule has 2 aromatic carbocycles. The first-order chi connectivity index (χ1) is 11.3. The molecule has 0 fully saturated rings. The van der Waals surface area contributed by atoms with E-state index < -0.39 is 17.8 Å². The van der Waals surface area contributed by atoms with E-state index in [0.717, 1.165) is 23.3 Å². The minimum absolute atomic E-state index is 0.307. The summed E-state index contributed by atoms with van der Waals surface area (Å²) in [6.07, 6.45) is -4.36. The summed E-state index contributed by atoms with van der Waals surface area (Å²) in [7, 11) is 0. The van der Waals surface area contributed by atoms with E-state index in [1.807, 2.05) is 31.2 Å². The molecule has 0 aliphatic rings. The van der Waals surface area contributed by atoms with Gasteiger partial charge in [0.25, 0.3) is 0 Å². The Hall–Kier alpha value is -2.67. The van der Waals surface area contributed by atoms with Crippen LogP contribution in [0.5, 0.6) is 0 Å². The molecule has 0 spiro atoms. The third kappa shape index (κ3) is 3.30. The quantitative estimate of drug-likeness (QED) is 0.765. The van der Waals surface area contributed by atoms with Gasteiger partial charge in [0.05, 0.1) is 11.6 Å². The minimum Gasteiger partial charge on any atom is -0.318 e. The Morgan fingerprint density at radius 3 is 2.21 bits per heavy atom. The number of alkyl halides is 3. The molecule has 4 nitrogen and oxygen atoms in total. The van der Waals surface area contributed by atoms with E-state index in [1.165, 1.54) is 12.1 Å². The zero-order valence-electron chi connectivity index (χ0n) is 12.8. The predicted molar refractivity (Wildman–Crippen MR) is 84.0 cm³/mol. The van der Waals surface area contributed by atoms with Gasteiger partial charge in [0.2, 0.25) is 0 Å². The molecular formula is C17H15F3N4. The minimum atomic E-state index is -4.36. The molecule has 0 aliphatic carbocycles. The lowest BCUT2D eigenvalue weighted by Gasteiger charge is -2.08. The fourth-order valence-corrected chi connectivity index (χ4v) is 2.28. The van der Waals surface area contributed by atoms with Crippen LogP contribution < -0.4 is 5.73 Å². The van der Waals surface area contributed by atoms with Gasteiger partial charge in [-0.15, -0.1) is 0 Å². The van der Waals surface area contributed by atoms with Gasteiger partial charge in [-0.2, -0.15) is 18.3 Å². The van der Waals surface area contributed by atoms with E-state index in [2.05, 4.69) is 15.2 Å². The molecule has 24 heavy (non-hydrogen) atoms. The van der Waals surface area contributed by atoms with Crippen LogP contribution in [0.15, 0.2) is 48.5 Å². The summed E-state index contributed by atoms with van der Waals surface area (Å²) in [5, 5.41) is 6.80. The fraction of sp³-hybridized carbons (Fsp3) is 0.176. The molecule has 1 atom stereocenters. The summed E-state index contributed by atoms with van der Waals surface area (Å²) in [4.78, 5) is 4.30. The van der Waals surface area contributed by atoms with Crippen molar-refractivity contribution in [3.63, 3.8) is 0 Å². The lowest BCUT2D eigenvalue weighted by molar-refractivity contribution is -0.137. The molecule has 0 saturated carbocycles. The van der Waals surface area contributed by atoms with Gasteiger partial charge in [-0.05, 0) is 24.6 Å². The van der Waals surface area contributed by atoms with E-state index in [-0.39, 0.29) is 0 Å². The van der Waals surface area contributed by atoms with E-state index in [4.69, 9.17) is 5.73 Å². The van der Waals surface area contributed by atoms with Crippen LogP contribution in [-0.2, 0) is 6.18 Å². The fourth-order valence-electron chi connectivity index (χ4n) is 2.28. The maximum Gasteiger partial charge on any atom is 0.416 e. The second-order valence-corrected chi connectivity index (χ2v) is 5.51. The monoisotopic (exact) mass is 332 g/mol. The van der Waals surface area contributed by atoms with Crippen LogP contribution in [0.2, 0.25) is 0 Å². The van der Waals surface area contributed by atoms with Crippen molar-refractivity contribution in [2.24, 2.45) is 5.73 Å². The summed E-state index contributed by atoms with van der Waals surface area (Å²) < 4.78 is 37.8. The van der Waals surface area contributed by atoms with Crippen molar-refractivity contribution in [2.45, 2.75) is 19.1 Å². The maximum atomic E-state index is 12.6. The third-order valence-electron chi connectivity index (χ3n) is 3.70. The predicted octanol–water partition coefficient (Wildman–Crippen LogP) is 3.85. The summed E-state index contributed by atoms with van der Waals surface area (Å²) >= 11 is 0. The van der Waals surface area contributed by atoms with E-state index in [0.29, 0.717) is 17.2 Å². The van der Waals surface area contributed by atoms with E-state index in [9.17, 15) is 13.2 Å². The molecular weight excluding hydrogens is 317 g/mol. The lowest BCUT2D eigenvalue weighted by atomic mass is 10.1. The molecule has 3 N–H and O–H groups in total. The number of nitrogens with two attached hydrogens (primary N) is 1. The van der Waals surface area contributed by atoms with Gasteiger partial charge in [-0.3, -0.25) is 5.10 Å². The standard InChI is InChI=1S/C17H15F3N4/c1-10-2-4-11(5-3-10)14(21)16-22-15(23-24-16)12-6-8-13(9-7-12)17(18,19)20/h2-9,14H,21H2,1H3,(H,22,23,24)/t14-/m1/s1. The molecule has 0 aliphatic heterocycles. The number of rotatable bonds is 3. The van der Waals surface area contributed by atoms with Crippen molar-refractivity contribution in [3.05, 3.63) is 71.0 Å². The molecule has 0 unspecified atom stereocenters. The number of benzene rings is 2. The van der Waals surface area contributed by atoms with Crippen LogP contribution in [0.3, 0.4) is 0 Å². The number of aryl methyl sites for hydroxylation is 1. The largest absolute Gasteiger partial charge is 0.416 e. The second kappa shape index (κ2) is 6.09. The highest BCUT2D eigenvalue weighted by molar-refractivity contribution is 5.55. The molecule has 1 heterocycles. The lowest BCUT2D eigenvalue weighted by Crippen LogP contribution is -2.13. The Morgan fingerprint density at radius 1 is 1.00 bits per heavy atom. The van der Waals surface area contributed by atoms with Gasteiger partial charge in [0.1, 0.15) is 5.82 Å². The van der Waals surface area contributed by atoms with Crippen molar-refractivity contribution in [2.75, 3.05) is 0 Å². The number of aromatic amines is 1. The molecule has 124 valence electrons. The Bertz CT molecular complexity index is 820. The Kier molecular flexibility index (Phi) is 4.11. The molecule has 3 aromatic rings. The zero-order chi connectivity index (χ0) is 17.3. The number of aromatic nitrogens is 3. The van der Waals surface area contributed by atoms with Crippen LogP contribution >= 0.6 is 0 Å². The zero-order valence-corrected chi connectivity index (χ0v) is 12.8. The van der Waals surface area contributed by atoms with Crippen LogP contribution in [0, 0.1) is 6.92 Å². The summed E-state index contributed by atoms with van der Waals surface area (Å²) in [5.41, 5.74) is 7.92. The Labute approximate surface area is 136 Å². The highest BCUT2D eigenvalue weighted by Gasteiger charge is 2.30. The first-order valence-electron chi connectivity index (χ1n) is 7.26. The Morgan fingerprint density at radius 2 is 1.62 bits per heavy atom. The van der Waals surface area contributed by atoms with Gasteiger partial charge >= 0.3 is 6.18 Å². The van der Waals surface area contributed by atoms with Crippen LogP contribution in [-0.4, -0.2) is 15.2 Å². The smallest absolute Gasteiger partial charge is 0.318 e. The van der Waals surface area contributed by atoms with E-state index in [1.54, 1.807) is 0 Å². The van der Waals surface area contributed by atoms with Gasteiger partial charge < -0.3 is 5.73 Å². The van der Waals surface area contributed by atoms with Crippen LogP contribution in [0.4, 0.5) is 13.2 Å². The molecule has 3 rings (SSSR count). The first-order valence-corrected chi connectivity index (χ1v) is 7.26. The Balaban J connectivity index is 1.83. The molecule has 0 saturated heterocycles. The second-order valence-electron chi connectivity index (χ2n) is 5.51. The van der Waals surface area contributed by atoms with Crippen molar-refractivity contribution in [1.82, 2.24) is 15.2 Å². The van der Waals surface area contributed by atoms with E-state index >= 15 is 0 Å². The van der Waals surface area contributed by atoms with Crippen molar-refractivity contribution in [3.8, 4) is 11.4 Å². The number of hydrogen-bond acceptors (Lipinski definition) is 3. The number of nitrogens with zero attached hydrogens (tertiary/aromatic N) is 2. The average Bonchev–Trinajstić information content (AvgIpc) is 3.04. The number of halogens is 3. The normalized spacial score (nSPS) is 13.0. The summed E-state index contributed by atoms with van der Waals surface area (Å²) in [6.45, 7) is 1.98. The number of H-pyrrole nitrogens is 1. The third-order valence-corrected chi connectivity index (χ3v) is 3.70. The number of hydrogen-bond donors (Lipinski definition) is 2. The van der Waals surface area contributed by atoms with Crippen molar-refractivity contribution in [1.29, 1.82) is 0 Å². The van der Waals surface area contributed by atoms with Crippen molar-refractivity contribution < 1.29 is 13.2 Å². The molecule has 0 radical (unpaired) electrons. The molecule has 0 bridgehead atoms. The van der Waals surface area contributed by atoms with Gasteiger partial charge in [0, 0.05) is 5.56 Å². The molecule has 7 heteroatoms. The van der Waals surface area contributed by atoms with Crippen LogP contribution in [0.25, 0.3) is 11.4 Å². The highest BCUT2D eigenvalue weighted by Crippen LogP contribution is 2.30. The topological polar surface area (TPSA) is 67.6 Å². The van der Waals surface area contributed by atoms with Crippen LogP contribution in [0.1, 0.15) is 28.6 Å². The van der Waals surface area contributed by atoms with Gasteiger partial charge in [-0.1, -0.05) is 42.0 Å². The average molecular weight is 332 g/mol. The first kappa shape index (κ1) is 16.2. The number of nitrogens with one attached hydrogen (secondary N) is 1. The van der Waals surface area contributed by atoms with Gasteiger partial charge in [0.15, 0.2) is 5.82 Å².